The highest BCUT2D eigenvalue weighted by Gasteiger charge is 2.29. The molecule has 1 aromatic rings. The molecule has 21 heavy (non-hydrogen) atoms. The quantitative estimate of drug-likeness (QED) is 0.867. The molecule has 0 aromatic heterocycles. The molecule has 2 nitrogen and oxygen atoms in total. The van der Waals surface area contributed by atoms with Crippen LogP contribution in [0.15, 0.2) is 29.2 Å². The van der Waals surface area contributed by atoms with Crippen LogP contribution in [-0.2, 0) is 6.42 Å². The minimum absolute atomic E-state index is 0.750. The van der Waals surface area contributed by atoms with Crippen LogP contribution in [0.1, 0.15) is 32.3 Å². The number of hydrogen-bond acceptors (Lipinski definition) is 3. The molecule has 0 aliphatic carbocycles. The fourth-order valence-corrected chi connectivity index (χ4v) is 4.87. The average Bonchev–Trinajstić information content (AvgIpc) is 3.05. The van der Waals surface area contributed by atoms with E-state index in [1.807, 2.05) is 0 Å². The number of nitrogens with one attached hydrogen (secondary N) is 1. The minimum Gasteiger partial charge on any atom is -0.315 e. The highest BCUT2D eigenvalue weighted by Crippen LogP contribution is 2.37. The lowest BCUT2D eigenvalue weighted by Gasteiger charge is -2.27. The minimum atomic E-state index is 0.750. The zero-order chi connectivity index (χ0) is 14.7. The van der Waals surface area contributed by atoms with Crippen molar-refractivity contribution >= 4 is 11.8 Å². The van der Waals surface area contributed by atoms with E-state index in [2.05, 4.69) is 60.1 Å². The van der Waals surface area contributed by atoms with Crippen LogP contribution in [0.3, 0.4) is 0 Å². The molecule has 2 unspecified atom stereocenters. The second-order valence-electron chi connectivity index (χ2n) is 6.89. The molecular weight excluding hydrogens is 276 g/mol. The van der Waals surface area contributed by atoms with Gasteiger partial charge >= 0.3 is 0 Å². The van der Waals surface area contributed by atoms with E-state index in [1.165, 1.54) is 43.8 Å². The van der Waals surface area contributed by atoms with Crippen LogP contribution in [0, 0.1) is 5.92 Å². The predicted octanol–water partition coefficient (Wildman–Crippen LogP) is 3.41. The molecule has 0 bridgehead atoms. The van der Waals surface area contributed by atoms with Crippen molar-refractivity contribution in [2.75, 3.05) is 26.2 Å². The van der Waals surface area contributed by atoms with Crippen molar-refractivity contribution in [2.24, 2.45) is 5.92 Å². The first-order valence-corrected chi connectivity index (χ1v) is 9.29. The first kappa shape index (κ1) is 15.4. The Hall–Kier alpha value is -0.510. The number of rotatable bonds is 6. The SMILES string of the molecule is CC(C)CNCC1CCCN1CC1Cc2ccccc2S1. The number of fused-ring (bicyclic) bond motifs is 1. The summed E-state index contributed by atoms with van der Waals surface area (Å²) in [6.07, 6.45) is 4.00. The van der Waals surface area contributed by atoms with Crippen molar-refractivity contribution in [3.8, 4) is 0 Å². The van der Waals surface area contributed by atoms with E-state index in [4.69, 9.17) is 0 Å². The summed E-state index contributed by atoms with van der Waals surface area (Å²) in [5, 5.41) is 4.41. The fourth-order valence-electron chi connectivity index (χ4n) is 3.52. The summed E-state index contributed by atoms with van der Waals surface area (Å²) in [6.45, 7) is 9.43. The van der Waals surface area contributed by atoms with E-state index in [0.717, 1.165) is 23.8 Å². The summed E-state index contributed by atoms with van der Waals surface area (Å²) < 4.78 is 0. The smallest absolute Gasteiger partial charge is 0.0263 e. The van der Waals surface area contributed by atoms with Crippen LogP contribution < -0.4 is 5.32 Å². The molecular formula is C18H28N2S. The van der Waals surface area contributed by atoms with Crippen molar-refractivity contribution in [3.63, 3.8) is 0 Å². The third-order valence-corrected chi connectivity index (χ3v) is 5.88. The van der Waals surface area contributed by atoms with Gasteiger partial charge in [0.25, 0.3) is 0 Å². The second kappa shape index (κ2) is 7.17. The summed E-state index contributed by atoms with van der Waals surface area (Å²) in [5.74, 6) is 0.750. The number of likely N-dealkylation sites (tertiary alicyclic amines) is 1. The highest BCUT2D eigenvalue weighted by molar-refractivity contribution is 8.00. The Morgan fingerprint density at radius 1 is 1.33 bits per heavy atom. The Morgan fingerprint density at radius 2 is 2.19 bits per heavy atom. The zero-order valence-electron chi connectivity index (χ0n) is 13.3. The molecule has 3 heteroatoms. The molecule has 0 spiro atoms. The van der Waals surface area contributed by atoms with Gasteiger partial charge in [-0.3, -0.25) is 4.90 Å². The zero-order valence-corrected chi connectivity index (χ0v) is 14.2. The Kier molecular flexibility index (Phi) is 5.25. The van der Waals surface area contributed by atoms with E-state index in [1.54, 1.807) is 5.56 Å². The first-order chi connectivity index (χ1) is 10.2. The van der Waals surface area contributed by atoms with Gasteiger partial charge in [0.1, 0.15) is 0 Å². The van der Waals surface area contributed by atoms with Crippen LogP contribution in [-0.4, -0.2) is 42.4 Å². The summed E-state index contributed by atoms with van der Waals surface area (Å²) in [5.41, 5.74) is 1.56. The molecule has 1 fully saturated rings. The van der Waals surface area contributed by atoms with Gasteiger partial charge in [0, 0.05) is 29.3 Å². The molecule has 2 heterocycles. The number of nitrogens with zero attached hydrogens (tertiary/aromatic N) is 1. The highest BCUT2D eigenvalue weighted by atomic mass is 32.2. The molecule has 0 saturated carbocycles. The number of thioether (sulfide) groups is 1. The molecule has 3 rings (SSSR count). The molecule has 1 saturated heterocycles. The van der Waals surface area contributed by atoms with Gasteiger partial charge in [0.05, 0.1) is 0 Å². The van der Waals surface area contributed by atoms with Gasteiger partial charge in [0.2, 0.25) is 0 Å². The maximum Gasteiger partial charge on any atom is 0.0263 e. The molecule has 2 aliphatic heterocycles. The molecule has 2 aliphatic rings. The Bertz CT molecular complexity index is 435. The van der Waals surface area contributed by atoms with E-state index < -0.39 is 0 Å². The number of benzene rings is 1. The van der Waals surface area contributed by atoms with E-state index >= 15 is 0 Å². The lowest BCUT2D eigenvalue weighted by Crippen LogP contribution is -2.41. The van der Waals surface area contributed by atoms with Crippen molar-refractivity contribution in [3.05, 3.63) is 29.8 Å². The lowest BCUT2D eigenvalue weighted by molar-refractivity contribution is 0.247. The summed E-state index contributed by atoms with van der Waals surface area (Å²) in [6, 6.07) is 9.69. The van der Waals surface area contributed by atoms with Crippen LogP contribution >= 0.6 is 11.8 Å². The van der Waals surface area contributed by atoms with Crippen molar-refractivity contribution in [1.29, 1.82) is 0 Å². The van der Waals surface area contributed by atoms with Gasteiger partial charge in [-0.25, -0.2) is 0 Å². The van der Waals surface area contributed by atoms with Crippen molar-refractivity contribution < 1.29 is 0 Å². The number of hydrogen-bond donors (Lipinski definition) is 1. The van der Waals surface area contributed by atoms with Gasteiger partial charge in [-0.2, -0.15) is 0 Å². The van der Waals surface area contributed by atoms with Gasteiger partial charge in [-0.1, -0.05) is 32.0 Å². The third kappa shape index (κ3) is 4.02. The lowest BCUT2D eigenvalue weighted by atomic mass is 10.1. The van der Waals surface area contributed by atoms with E-state index in [-0.39, 0.29) is 0 Å². The topological polar surface area (TPSA) is 15.3 Å². The summed E-state index contributed by atoms with van der Waals surface area (Å²) >= 11 is 2.09. The van der Waals surface area contributed by atoms with Gasteiger partial charge in [0.15, 0.2) is 0 Å². The van der Waals surface area contributed by atoms with Crippen LogP contribution in [0.4, 0.5) is 0 Å². The normalized spacial score (nSPS) is 25.7. The molecule has 1 aromatic carbocycles. The summed E-state index contributed by atoms with van der Waals surface area (Å²) in [7, 11) is 0. The Labute approximate surface area is 133 Å². The van der Waals surface area contributed by atoms with Crippen LogP contribution in [0.2, 0.25) is 0 Å². The Balaban J connectivity index is 1.49. The van der Waals surface area contributed by atoms with Gasteiger partial charge < -0.3 is 5.32 Å². The first-order valence-electron chi connectivity index (χ1n) is 8.41. The maximum absolute atomic E-state index is 3.65. The summed E-state index contributed by atoms with van der Waals surface area (Å²) in [4.78, 5) is 4.24. The maximum atomic E-state index is 3.65. The van der Waals surface area contributed by atoms with Gasteiger partial charge in [-0.05, 0) is 49.9 Å². The second-order valence-corrected chi connectivity index (χ2v) is 8.24. The van der Waals surface area contributed by atoms with E-state index in [0.29, 0.717) is 0 Å². The predicted molar refractivity (Wildman–Crippen MR) is 92.1 cm³/mol. The fraction of sp³-hybridized carbons (Fsp3) is 0.667. The van der Waals surface area contributed by atoms with E-state index in [9.17, 15) is 0 Å². The van der Waals surface area contributed by atoms with Crippen LogP contribution in [0.25, 0.3) is 0 Å². The van der Waals surface area contributed by atoms with Crippen LogP contribution in [0.5, 0.6) is 0 Å². The molecule has 0 radical (unpaired) electrons. The monoisotopic (exact) mass is 304 g/mol. The average molecular weight is 305 g/mol. The molecule has 1 N–H and O–H groups in total. The molecule has 0 amide bonds. The third-order valence-electron chi connectivity index (χ3n) is 4.58. The van der Waals surface area contributed by atoms with Crippen molar-refractivity contribution in [1.82, 2.24) is 10.2 Å². The largest absolute Gasteiger partial charge is 0.315 e. The van der Waals surface area contributed by atoms with Gasteiger partial charge in [-0.15, -0.1) is 11.8 Å². The Morgan fingerprint density at radius 3 is 3.00 bits per heavy atom. The molecule has 116 valence electrons. The van der Waals surface area contributed by atoms with Crippen molar-refractivity contribution in [2.45, 2.75) is 49.3 Å². The standard InChI is InChI=1S/C18H28N2S/c1-14(2)11-19-12-16-7-5-9-20(16)13-17-10-15-6-3-4-8-18(15)21-17/h3-4,6,8,14,16-17,19H,5,7,9-13H2,1-2H3. The molecule has 2 atom stereocenters.